The van der Waals surface area contributed by atoms with Gasteiger partial charge < -0.3 is 20.9 Å². The highest BCUT2D eigenvalue weighted by molar-refractivity contribution is 6.02. The molecule has 0 aliphatic carbocycles. The van der Waals surface area contributed by atoms with Gasteiger partial charge in [-0.2, -0.15) is 0 Å². The van der Waals surface area contributed by atoms with Crippen LogP contribution in [0.25, 0.3) is 22.1 Å². The number of nitrogens with one attached hydrogen (secondary N) is 2. The molecule has 0 aliphatic rings. The standard InChI is InChI=1S/C23H22N4O2/c1-3-15-5-4-6-18(13-15)26-23(28)25-17-10-8-16(9-11-17)19-12-7-14(2)21-20(19)22(24)27-29-21/h4-13H,3H2,1-2H3,(H2,24,27)(H2,25,26,28). The molecular weight excluding hydrogens is 364 g/mol. The Morgan fingerprint density at radius 2 is 1.79 bits per heavy atom. The van der Waals surface area contributed by atoms with Gasteiger partial charge in [0.05, 0.1) is 5.39 Å². The van der Waals surface area contributed by atoms with E-state index in [0.29, 0.717) is 17.1 Å². The third-order valence-corrected chi connectivity index (χ3v) is 4.89. The summed E-state index contributed by atoms with van der Waals surface area (Å²) in [4.78, 5) is 12.3. The van der Waals surface area contributed by atoms with Crippen LogP contribution < -0.4 is 16.4 Å². The second-order valence-corrected chi connectivity index (χ2v) is 6.91. The topological polar surface area (TPSA) is 93.2 Å². The van der Waals surface area contributed by atoms with E-state index in [4.69, 9.17) is 10.3 Å². The Hall–Kier alpha value is -3.80. The van der Waals surface area contributed by atoms with E-state index in [-0.39, 0.29) is 6.03 Å². The van der Waals surface area contributed by atoms with Crippen molar-refractivity contribution >= 4 is 34.2 Å². The molecule has 0 atom stereocenters. The van der Waals surface area contributed by atoms with Crippen molar-refractivity contribution in [2.75, 3.05) is 16.4 Å². The van der Waals surface area contributed by atoms with Crippen molar-refractivity contribution in [2.24, 2.45) is 0 Å². The quantitative estimate of drug-likeness (QED) is 0.426. The molecule has 0 saturated carbocycles. The van der Waals surface area contributed by atoms with E-state index in [0.717, 1.165) is 34.2 Å². The summed E-state index contributed by atoms with van der Waals surface area (Å²) in [5.74, 6) is 0.370. The van der Waals surface area contributed by atoms with E-state index in [1.165, 1.54) is 5.56 Å². The van der Waals surface area contributed by atoms with Crippen LogP contribution in [0.2, 0.25) is 0 Å². The van der Waals surface area contributed by atoms with Crippen LogP contribution in [0.4, 0.5) is 22.0 Å². The number of carbonyl (C=O) groups is 1. The fourth-order valence-corrected chi connectivity index (χ4v) is 3.34. The normalized spacial score (nSPS) is 10.8. The summed E-state index contributed by atoms with van der Waals surface area (Å²) in [5.41, 5.74) is 12.2. The molecule has 146 valence electrons. The summed E-state index contributed by atoms with van der Waals surface area (Å²) in [6.45, 7) is 4.04. The molecule has 3 aromatic carbocycles. The lowest BCUT2D eigenvalue weighted by Gasteiger charge is -2.10. The second-order valence-electron chi connectivity index (χ2n) is 6.91. The summed E-state index contributed by atoms with van der Waals surface area (Å²) >= 11 is 0. The molecule has 0 spiro atoms. The lowest BCUT2D eigenvalue weighted by molar-refractivity contribution is 0.262. The Labute approximate surface area is 168 Å². The van der Waals surface area contributed by atoms with Gasteiger partial charge in [-0.15, -0.1) is 0 Å². The Morgan fingerprint density at radius 1 is 1.03 bits per heavy atom. The highest BCUT2D eigenvalue weighted by Gasteiger charge is 2.14. The number of fused-ring (bicyclic) bond motifs is 1. The SMILES string of the molecule is CCc1cccc(NC(=O)Nc2ccc(-c3ccc(C)c4onc(N)c34)cc2)c1. The number of hydrogen-bond donors (Lipinski definition) is 3. The summed E-state index contributed by atoms with van der Waals surface area (Å²) in [6, 6.07) is 19.1. The third-order valence-electron chi connectivity index (χ3n) is 4.89. The number of aryl methyl sites for hydroxylation is 2. The van der Waals surface area contributed by atoms with Gasteiger partial charge in [-0.25, -0.2) is 4.79 Å². The maximum Gasteiger partial charge on any atom is 0.323 e. The van der Waals surface area contributed by atoms with Gasteiger partial charge in [0.1, 0.15) is 0 Å². The van der Waals surface area contributed by atoms with Crippen LogP contribution in [0.3, 0.4) is 0 Å². The number of carbonyl (C=O) groups excluding carboxylic acids is 1. The van der Waals surface area contributed by atoms with Crippen molar-refractivity contribution < 1.29 is 9.32 Å². The lowest BCUT2D eigenvalue weighted by atomic mass is 9.99. The monoisotopic (exact) mass is 386 g/mol. The minimum absolute atomic E-state index is 0.285. The van der Waals surface area contributed by atoms with Crippen molar-refractivity contribution in [3.63, 3.8) is 0 Å². The third kappa shape index (κ3) is 3.78. The van der Waals surface area contributed by atoms with Crippen LogP contribution in [0.15, 0.2) is 65.2 Å². The van der Waals surface area contributed by atoms with E-state index in [2.05, 4.69) is 22.7 Å². The number of nitrogen functional groups attached to an aromatic ring is 1. The molecule has 1 aromatic heterocycles. The Balaban J connectivity index is 1.52. The highest BCUT2D eigenvalue weighted by Crippen LogP contribution is 2.34. The zero-order valence-electron chi connectivity index (χ0n) is 16.3. The van der Waals surface area contributed by atoms with Gasteiger partial charge in [0, 0.05) is 11.4 Å². The van der Waals surface area contributed by atoms with Crippen LogP contribution in [0.1, 0.15) is 18.1 Å². The largest absolute Gasteiger partial charge is 0.380 e. The molecule has 0 bridgehead atoms. The van der Waals surface area contributed by atoms with E-state index < -0.39 is 0 Å². The van der Waals surface area contributed by atoms with Gasteiger partial charge in [-0.05, 0) is 59.9 Å². The molecular formula is C23H22N4O2. The molecule has 0 radical (unpaired) electrons. The molecule has 0 saturated heterocycles. The van der Waals surface area contributed by atoms with Crippen molar-refractivity contribution in [3.8, 4) is 11.1 Å². The highest BCUT2D eigenvalue weighted by atomic mass is 16.5. The minimum Gasteiger partial charge on any atom is -0.380 e. The first-order valence-electron chi connectivity index (χ1n) is 9.47. The summed E-state index contributed by atoms with van der Waals surface area (Å²) < 4.78 is 5.35. The van der Waals surface area contributed by atoms with E-state index >= 15 is 0 Å². The first kappa shape index (κ1) is 18.6. The number of benzene rings is 3. The van der Waals surface area contributed by atoms with Gasteiger partial charge in [0.25, 0.3) is 0 Å². The number of aromatic nitrogens is 1. The van der Waals surface area contributed by atoms with E-state index in [1.54, 1.807) is 0 Å². The summed E-state index contributed by atoms with van der Waals surface area (Å²) in [5, 5.41) is 10.4. The number of amides is 2. The first-order valence-corrected chi connectivity index (χ1v) is 9.47. The predicted molar refractivity (Wildman–Crippen MR) is 117 cm³/mol. The molecule has 4 rings (SSSR count). The average Bonchev–Trinajstić information content (AvgIpc) is 3.12. The minimum atomic E-state index is -0.285. The average molecular weight is 386 g/mol. The number of nitrogens with two attached hydrogens (primary N) is 1. The number of rotatable bonds is 4. The number of anilines is 3. The lowest BCUT2D eigenvalue weighted by Crippen LogP contribution is -2.19. The smallest absolute Gasteiger partial charge is 0.323 e. The Morgan fingerprint density at radius 3 is 2.55 bits per heavy atom. The Kier molecular flexibility index (Phi) is 4.91. The van der Waals surface area contributed by atoms with Crippen LogP contribution in [0, 0.1) is 6.92 Å². The summed E-state index contributed by atoms with van der Waals surface area (Å²) in [7, 11) is 0. The van der Waals surface area contributed by atoms with Crippen molar-refractivity contribution in [3.05, 3.63) is 71.8 Å². The molecule has 6 heteroatoms. The molecule has 0 unspecified atom stereocenters. The van der Waals surface area contributed by atoms with Crippen LogP contribution in [-0.2, 0) is 6.42 Å². The molecule has 0 fully saturated rings. The van der Waals surface area contributed by atoms with Crippen molar-refractivity contribution in [1.29, 1.82) is 0 Å². The first-order chi connectivity index (χ1) is 14.0. The van der Waals surface area contributed by atoms with E-state index in [1.807, 2.05) is 67.6 Å². The van der Waals surface area contributed by atoms with Gasteiger partial charge in [-0.1, -0.05) is 48.5 Å². The van der Waals surface area contributed by atoms with Crippen LogP contribution in [-0.4, -0.2) is 11.2 Å². The number of nitrogens with zero attached hydrogens (tertiary/aromatic N) is 1. The fourth-order valence-electron chi connectivity index (χ4n) is 3.34. The predicted octanol–water partition coefficient (Wildman–Crippen LogP) is 5.59. The van der Waals surface area contributed by atoms with Gasteiger partial charge in [0.2, 0.25) is 0 Å². The molecule has 4 aromatic rings. The fraction of sp³-hybridized carbons (Fsp3) is 0.130. The zero-order chi connectivity index (χ0) is 20.4. The molecule has 0 aliphatic heterocycles. The van der Waals surface area contributed by atoms with Gasteiger partial charge in [0.15, 0.2) is 11.4 Å². The molecule has 2 amide bonds. The molecule has 4 N–H and O–H groups in total. The molecule has 6 nitrogen and oxygen atoms in total. The zero-order valence-corrected chi connectivity index (χ0v) is 16.3. The second kappa shape index (κ2) is 7.67. The molecule has 29 heavy (non-hydrogen) atoms. The maximum absolute atomic E-state index is 12.3. The Bertz CT molecular complexity index is 1180. The maximum atomic E-state index is 12.3. The van der Waals surface area contributed by atoms with Crippen molar-refractivity contribution in [2.45, 2.75) is 20.3 Å². The number of urea groups is 1. The van der Waals surface area contributed by atoms with E-state index in [9.17, 15) is 4.79 Å². The van der Waals surface area contributed by atoms with Gasteiger partial charge in [-0.3, -0.25) is 0 Å². The number of hydrogen-bond acceptors (Lipinski definition) is 4. The van der Waals surface area contributed by atoms with Crippen LogP contribution in [0.5, 0.6) is 0 Å². The molecule has 1 heterocycles. The van der Waals surface area contributed by atoms with Crippen molar-refractivity contribution in [1.82, 2.24) is 5.16 Å². The summed E-state index contributed by atoms with van der Waals surface area (Å²) in [6.07, 6.45) is 0.918. The van der Waals surface area contributed by atoms with Gasteiger partial charge >= 0.3 is 6.03 Å². The van der Waals surface area contributed by atoms with Crippen LogP contribution >= 0.6 is 0 Å².